The molecule has 0 aliphatic carbocycles. The molecule has 1 aliphatic heterocycles. The Labute approximate surface area is 115 Å². The van der Waals surface area contributed by atoms with Crippen LogP contribution >= 0.6 is 12.4 Å². The first-order chi connectivity index (χ1) is 8.24. The van der Waals surface area contributed by atoms with Crippen molar-refractivity contribution in [2.75, 3.05) is 20.1 Å². The minimum absolute atomic E-state index is 0. The zero-order chi connectivity index (χ0) is 12.3. The number of nitrogens with zero attached hydrogens (tertiary/aromatic N) is 4. The minimum atomic E-state index is 0. The average molecular weight is 274 g/mol. The SMILES string of the molecule is CCn1c(C)nnc1CN1CCCC(NC)C1.Cl. The van der Waals surface area contributed by atoms with Crippen LogP contribution in [0.1, 0.15) is 31.4 Å². The van der Waals surface area contributed by atoms with Crippen LogP contribution in [-0.4, -0.2) is 45.8 Å². The van der Waals surface area contributed by atoms with Crippen LogP contribution in [0, 0.1) is 6.92 Å². The zero-order valence-electron chi connectivity index (χ0n) is 11.5. The summed E-state index contributed by atoms with van der Waals surface area (Å²) in [6.45, 7) is 8.34. The fourth-order valence-corrected chi connectivity index (χ4v) is 2.59. The Morgan fingerprint density at radius 1 is 1.39 bits per heavy atom. The number of hydrogen-bond donors (Lipinski definition) is 1. The van der Waals surface area contributed by atoms with Gasteiger partial charge in [0, 0.05) is 19.1 Å². The number of hydrogen-bond acceptors (Lipinski definition) is 4. The highest BCUT2D eigenvalue weighted by molar-refractivity contribution is 5.85. The third kappa shape index (κ3) is 3.43. The van der Waals surface area contributed by atoms with Crippen molar-refractivity contribution in [3.63, 3.8) is 0 Å². The monoisotopic (exact) mass is 273 g/mol. The Morgan fingerprint density at radius 3 is 2.83 bits per heavy atom. The Balaban J connectivity index is 0.00000162. The molecule has 1 atom stereocenters. The van der Waals surface area contributed by atoms with Crippen LogP contribution in [0.3, 0.4) is 0 Å². The molecule has 2 rings (SSSR count). The second kappa shape index (κ2) is 7.07. The van der Waals surface area contributed by atoms with E-state index in [0.29, 0.717) is 6.04 Å². The van der Waals surface area contributed by atoms with Crippen molar-refractivity contribution in [3.8, 4) is 0 Å². The molecule has 5 nitrogen and oxygen atoms in total. The van der Waals surface area contributed by atoms with E-state index >= 15 is 0 Å². The van der Waals surface area contributed by atoms with Crippen molar-refractivity contribution in [1.82, 2.24) is 25.0 Å². The van der Waals surface area contributed by atoms with Crippen LogP contribution in [0.15, 0.2) is 0 Å². The van der Waals surface area contributed by atoms with E-state index in [1.54, 1.807) is 0 Å². The van der Waals surface area contributed by atoms with Crippen molar-refractivity contribution >= 4 is 12.4 Å². The van der Waals surface area contributed by atoms with Crippen LogP contribution in [0.5, 0.6) is 0 Å². The van der Waals surface area contributed by atoms with Gasteiger partial charge in [0.15, 0.2) is 0 Å². The highest BCUT2D eigenvalue weighted by atomic mass is 35.5. The van der Waals surface area contributed by atoms with Crippen LogP contribution < -0.4 is 5.32 Å². The normalized spacial score (nSPS) is 20.7. The lowest BCUT2D eigenvalue weighted by Crippen LogP contribution is -2.44. The van der Waals surface area contributed by atoms with Crippen LogP contribution in [0.4, 0.5) is 0 Å². The standard InChI is InChI=1S/C12H23N5.ClH/c1-4-17-10(2)14-15-12(17)9-16-7-5-6-11(8-16)13-3;/h11,13H,4-9H2,1-3H3;1H. The molecule has 2 heterocycles. The average Bonchev–Trinajstić information content (AvgIpc) is 2.70. The highest BCUT2D eigenvalue weighted by Crippen LogP contribution is 2.13. The lowest BCUT2D eigenvalue weighted by molar-refractivity contribution is 0.182. The summed E-state index contributed by atoms with van der Waals surface area (Å²) < 4.78 is 2.20. The van der Waals surface area contributed by atoms with E-state index in [0.717, 1.165) is 31.3 Å². The molecule has 0 amide bonds. The number of aryl methyl sites for hydroxylation is 1. The third-order valence-corrected chi connectivity index (χ3v) is 3.61. The van der Waals surface area contributed by atoms with Crippen molar-refractivity contribution in [3.05, 3.63) is 11.6 Å². The van der Waals surface area contributed by atoms with Crippen molar-refractivity contribution in [1.29, 1.82) is 0 Å². The number of nitrogens with one attached hydrogen (secondary N) is 1. The first-order valence-corrected chi connectivity index (χ1v) is 6.53. The van der Waals surface area contributed by atoms with Crippen LogP contribution in [0.2, 0.25) is 0 Å². The van der Waals surface area contributed by atoms with Gasteiger partial charge in [-0.25, -0.2) is 0 Å². The maximum Gasteiger partial charge on any atom is 0.147 e. The van der Waals surface area contributed by atoms with Crippen molar-refractivity contribution < 1.29 is 0 Å². The Hall–Kier alpha value is -0.650. The van der Waals surface area contributed by atoms with Gasteiger partial charge in [-0.2, -0.15) is 0 Å². The Morgan fingerprint density at radius 2 is 2.17 bits per heavy atom. The fraction of sp³-hybridized carbons (Fsp3) is 0.833. The molecular weight excluding hydrogens is 250 g/mol. The van der Waals surface area contributed by atoms with E-state index in [1.165, 1.54) is 19.4 Å². The van der Waals surface area contributed by atoms with Gasteiger partial charge in [-0.15, -0.1) is 22.6 Å². The first kappa shape index (κ1) is 15.4. The molecule has 0 bridgehead atoms. The van der Waals surface area contributed by atoms with Crippen molar-refractivity contribution in [2.45, 2.75) is 45.8 Å². The maximum absolute atomic E-state index is 4.28. The molecule has 0 aromatic carbocycles. The van der Waals surface area contributed by atoms with Gasteiger partial charge < -0.3 is 9.88 Å². The smallest absolute Gasteiger partial charge is 0.147 e. The first-order valence-electron chi connectivity index (χ1n) is 6.53. The molecule has 1 unspecified atom stereocenters. The molecule has 1 fully saturated rings. The molecule has 1 N–H and O–H groups in total. The third-order valence-electron chi connectivity index (χ3n) is 3.61. The molecule has 1 aliphatic rings. The van der Waals surface area contributed by atoms with E-state index < -0.39 is 0 Å². The van der Waals surface area contributed by atoms with Gasteiger partial charge in [0.25, 0.3) is 0 Å². The summed E-state index contributed by atoms with van der Waals surface area (Å²) in [6.07, 6.45) is 2.55. The minimum Gasteiger partial charge on any atom is -0.316 e. The fourth-order valence-electron chi connectivity index (χ4n) is 2.59. The van der Waals surface area contributed by atoms with Crippen LogP contribution in [0.25, 0.3) is 0 Å². The second-order valence-electron chi connectivity index (χ2n) is 4.77. The second-order valence-corrected chi connectivity index (χ2v) is 4.77. The zero-order valence-corrected chi connectivity index (χ0v) is 12.3. The largest absolute Gasteiger partial charge is 0.316 e. The molecule has 1 saturated heterocycles. The number of halogens is 1. The quantitative estimate of drug-likeness (QED) is 0.896. The summed E-state index contributed by atoms with van der Waals surface area (Å²) >= 11 is 0. The molecule has 0 spiro atoms. The highest BCUT2D eigenvalue weighted by Gasteiger charge is 2.20. The summed E-state index contributed by atoms with van der Waals surface area (Å²) in [7, 11) is 2.05. The van der Waals surface area contributed by atoms with E-state index in [2.05, 4.69) is 31.9 Å². The van der Waals surface area contributed by atoms with E-state index in [9.17, 15) is 0 Å². The molecule has 6 heteroatoms. The summed E-state index contributed by atoms with van der Waals surface area (Å²) in [5, 5.41) is 11.8. The van der Waals surface area contributed by atoms with Gasteiger partial charge >= 0.3 is 0 Å². The molecule has 1 aromatic rings. The van der Waals surface area contributed by atoms with Gasteiger partial charge in [0.05, 0.1) is 6.54 Å². The van der Waals surface area contributed by atoms with Gasteiger partial charge in [0.2, 0.25) is 0 Å². The van der Waals surface area contributed by atoms with Crippen LogP contribution in [-0.2, 0) is 13.1 Å². The Kier molecular flexibility index (Phi) is 6.05. The molecule has 104 valence electrons. The van der Waals surface area contributed by atoms with Gasteiger partial charge in [-0.1, -0.05) is 0 Å². The van der Waals surface area contributed by atoms with Crippen molar-refractivity contribution in [2.24, 2.45) is 0 Å². The molecule has 18 heavy (non-hydrogen) atoms. The van der Waals surface area contributed by atoms with E-state index in [-0.39, 0.29) is 12.4 Å². The molecular formula is C12H24ClN5. The summed E-state index contributed by atoms with van der Waals surface area (Å²) in [6, 6.07) is 0.628. The number of rotatable bonds is 4. The molecule has 1 aromatic heterocycles. The van der Waals surface area contributed by atoms with Gasteiger partial charge in [-0.3, -0.25) is 4.90 Å². The molecule has 0 radical (unpaired) electrons. The van der Waals surface area contributed by atoms with E-state index in [1.807, 2.05) is 14.0 Å². The number of likely N-dealkylation sites (N-methyl/N-ethyl adjacent to an activating group) is 1. The maximum atomic E-state index is 4.28. The molecule has 0 saturated carbocycles. The lowest BCUT2D eigenvalue weighted by atomic mass is 10.1. The van der Waals surface area contributed by atoms with Gasteiger partial charge in [-0.05, 0) is 40.3 Å². The topological polar surface area (TPSA) is 46.0 Å². The Bertz CT molecular complexity index is 365. The number of likely N-dealkylation sites (tertiary alicyclic amines) is 1. The summed E-state index contributed by atoms with van der Waals surface area (Å²) in [5.74, 6) is 2.12. The lowest BCUT2D eigenvalue weighted by Gasteiger charge is -2.32. The number of piperidine rings is 1. The predicted molar refractivity (Wildman–Crippen MR) is 75.0 cm³/mol. The summed E-state index contributed by atoms with van der Waals surface area (Å²) in [5.41, 5.74) is 0. The summed E-state index contributed by atoms with van der Waals surface area (Å²) in [4.78, 5) is 2.47. The van der Waals surface area contributed by atoms with Gasteiger partial charge in [0.1, 0.15) is 11.6 Å². The van der Waals surface area contributed by atoms with E-state index in [4.69, 9.17) is 0 Å². The number of aromatic nitrogens is 3. The predicted octanol–water partition coefficient (Wildman–Crippen LogP) is 1.21.